The molecule has 0 heterocycles. The molecule has 1 aliphatic carbocycles. The molecule has 0 aromatic heterocycles. The standard InChI is InChI=1S/C12H19NO3/c1-4-7-13(10-5-6-10)11(14)8(2)9(3)12(15)16/h10H,4-7H2,1-3H3,(H,15,16). The highest BCUT2D eigenvalue weighted by Gasteiger charge is 2.33. The summed E-state index contributed by atoms with van der Waals surface area (Å²) >= 11 is 0. The third-order valence-electron chi connectivity index (χ3n) is 2.92. The number of carbonyl (C=O) groups excluding carboxylic acids is 1. The van der Waals surface area contributed by atoms with Gasteiger partial charge >= 0.3 is 5.97 Å². The quantitative estimate of drug-likeness (QED) is 0.726. The summed E-state index contributed by atoms with van der Waals surface area (Å²) in [7, 11) is 0. The molecule has 0 unspecified atom stereocenters. The van der Waals surface area contributed by atoms with Gasteiger partial charge < -0.3 is 10.0 Å². The molecule has 1 N–H and O–H groups in total. The molecule has 1 aliphatic rings. The van der Waals surface area contributed by atoms with Crippen LogP contribution in [0.4, 0.5) is 0 Å². The Morgan fingerprint density at radius 3 is 2.19 bits per heavy atom. The van der Waals surface area contributed by atoms with Gasteiger partial charge in [-0.15, -0.1) is 0 Å². The maximum Gasteiger partial charge on any atom is 0.331 e. The summed E-state index contributed by atoms with van der Waals surface area (Å²) < 4.78 is 0. The van der Waals surface area contributed by atoms with E-state index in [2.05, 4.69) is 0 Å². The van der Waals surface area contributed by atoms with Crippen LogP contribution in [-0.4, -0.2) is 34.5 Å². The molecular weight excluding hydrogens is 206 g/mol. The highest BCUT2D eigenvalue weighted by atomic mass is 16.4. The first-order chi connectivity index (χ1) is 7.49. The van der Waals surface area contributed by atoms with Crippen molar-refractivity contribution in [3.8, 4) is 0 Å². The highest BCUT2D eigenvalue weighted by Crippen LogP contribution is 2.28. The minimum absolute atomic E-state index is 0.121. The molecule has 0 aromatic carbocycles. The molecule has 0 bridgehead atoms. The van der Waals surface area contributed by atoms with Crippen LogP contribution < -0.4 is 0 Å². The van der Waals surface area contributed by atoms with Gasteiger partial charge in [0.1, 0.15) is 0 Å². The van der Waals surface area contributed by atoms with Crippen LogP contribution in [0.25, 0.3) is 0 Å². The zero-order chi connectivity index (χ0) is 12.3. The van der Waals surface area contributed by atoms with Crippen molar-refractivity contribution < 1.29 is 14.7 Å². The number of carboxylic acids is 1. The number of nitrogens with zero attached hydrogens (tertiary/aromatic N) is 1. The molecule has 1 saturated carbocycles. The molecule has 90 valence electrons. The molecule has 1 amide bonds. The van der Waals surface area contributed by atoms with Gasteiger partial charge in [0.2, 0.25) is 5.91 Å². The molecule has 0 atom stereocenters. The molecule has 0 aromatic rings. The first-order valence-corrected chi connectivity index (χ1v) is 5.70. The van der Waals surface area contributed by atoms with Gasteiger partial charge in [0, 0.05) is 23.7 Å². The van der Waals surface area contributed by atoms with Crippen LogP contribution in [0.15, 0.2) is 11.1 Å². The Morgan fingerprint density at radius 2 is 1.81 bits per heavy atom. The Kier molecular flexibility index (Phi) is 4.10. The minimum atomic E-state index is -1.02. The second-order valence-corrected chi connectivity index (χ2v) is 4.28. The summed E-state index contributed by atoms with van der Waals surface area (Å²) in [4.78, 5) is 24.7. The van der Waals surface area contributed by atoms with Crippen molar-refractivity contribution in [3.05, 3.63) is 11.1 Å². The Balaban J connectivity index is 2.81. The van der Waals surface area contributed by atoms with E-state index in [1.165, 1.54) is 6.92 Å². The Morgan fingerprint density at radius 1 is 1.25 bits per heavy atom. The molecule has 1 rings (SSSR count). The molecule has 0 saturated heterocycles. The second kappa shape index (κ2) is 5.14. The number of carbonyl (C=O) groups is 2. The predicted octanol–water partition coefficient (Wildman–Crippen LogP) is 1.81. The fourth-order valence-electron chi connectivity index (χ4n) is 1.61. The number of amides is 1. The van der Waals surface area contributed by atoms with Crippen LogP contribution >= 0.6 is 0 Å². The van der Waals surface area contributed by atoms with Gasteiger partial charge in [0.15, 0.2) is 0 Å². The van der Waals surface area contributed by atoms with Crippen LogP contribution in [-0.2, 0) is 9.59 Å². The Hall–Kier alpha value is -1.32. The number of carboxylic acid groups (broad SMARTS) is 1. The van der Waals surface area contributed by atoms with Gasteiger partial charge in [-0.25, -0.2) is 4.79 Å². The SMILES string of the molecule is CCCN(C(=O)C(C)=C(C)C(=O)O)C1CC1. The van der Waals surface area contributed by atoms with Crippen LogP contribution in [0, 0.1) is 0 Å². The number of hydrogen-bond acceptors (Lipinski definition) is 2. The fourth-order valence-corrected chi connectivity index (χ4v) is 1.61. The lowest BCUT2D eigenvalue weighted by molar-refractivity contribution is -0.134. The molecule has 16 heavy (non-hydrogen) atoms. The van der Waals surface area contributed by atoms with E-state index in [4.69, 9.17) is 5.11 Å². The average molecular weight is 225 g/mol. The number of aliphatic carboxylic acids is 1. The topological polar surface area (TPSA) is 57.6 Å². The Labute approximate surface area is 95.9 Å². The maximum absolute atomic E-state index is 12.1. The molecule has 4 nitrogen and oxygen atoms in total. The highest BCUT2D eigenvalue weighted by molar-refractivity contribution is 6.01. The van der Waals surface area contributed by atoms with Crippen LogP contribution in [0.1, 0.15) is 40.0 Å². The van der Waals surface area contributed by atoms with Gasteiger partial charge in [0.05, 0.1) is 0 Å². The van der Waals surface area contributed by atoms with Gasteiger partial charge in [0.25, 0.3) is 0 Å². The summed E-state index contributed by atoms with van der Waals surface area (Å²) in [5.41, 5.74) is 0.500. The van der Waals surface area contributed by atoms with Crippen molar-refractivity contribution in [2.75, 3.05) is 6.54 Å². The molecule has 0 aliphatic heterocycles. The largest absolute Gasteiger partial charge is 0.478 e. The van der Waals surface area contributed by atoms with Gasteiger partial charge in [-0.3, -0.25) is 4.79 Å². The lowest BCUT2D eigenvalue weighted by atomic mass is 10.1. The van der Waals surface area contributed by atoms with E-state index in [1.54, 1.807) is 6.92 Å². The van der Waals surface area contributed by atoms with Gasteiger partial charge in [-0.2, -0.15) is 0 Å². The van der Waals surface area contributed by atoms with E-state index in [-0.39, 0.29) is 11.5 Å². The summed E-state index contributed by atoms with van der Waals surface area (Å²) in [6, 6.07) is 0.337. The van der Waals surface area contributed by atoms with Crippen molar-refractivity contribution in [3.63, 3.8) is 0 Å². The maximum atomic E-state index is 12.1. The van der Waals surface area contributed by atoms with Crippen LogP contribution in [0.3, 0.4) is 0 Å². The summed E-state index contributed by atoms with van der Waals surface area (Å²) in [5, 5.41) is 8.84. The monoisotopic (exact) mass is 225 g/mol. The molecule has 0 spiro atoms. The Bertz CT molecular complexity index is 329. The molecule has 0 radical (unpaired) electrons. The van der Waals surface area contributed by atoms with Crippen molar-refractivity contribution in [1.29, 1.82) is 0 Å². The first-order valence-electron chi connectivity index (χ1n) is 5.70. The number of rotatable bonds is 5. The zero-order valence-corrected chi connectivity index (χ0v) is 10.1. The zero-order valence-electron chi connectivity index (χ0n) is 10.1. The van der Waals surface area contributed by atoms with Gasteiger partial charge in [-0.05, 0) is 33.1 Å². The molecule has 4 heteroatoms. The van der Waals surface area contributed by atoms with E-state index < -0.39 is 5.97 Å². The fraction of sp³-hybridized carbons (Fsp3) is 0.667. The van der Waals surface area contributed by atoms with Crippen molar-refractivity contribution >= 4 is 11.9 Å². The van der Waals surface area contributed by atoms with E-state index in [0.29, 0.717) is 18.2 Å². The third kappa shape index (κ3) is 2.84. The van der Waals surface area contributed by atoms with Crippen molar-refractivity contribution in [2.45, 2.75) is 46.1 Å². The number of hydrogen-bond donors (Lipinski definition) is 1. The van der Waals surface area contributed by atoms with Crippen LogP contribution in [0.2, 0.25) is 0 Å². The predicted molar refractivity (Wildman–Crippen MR) is 61.0 cm³/mol. The summed E-state index contributed by atoms with van der Waals surface area (Å²) in [5.74, 6) is -1.14. The smallest absolute Gasteiger partial charge is 0.331 e. The lowest BCUT2D eigenvalue weighted by Crippen LogP contribution is -2.35. The summed E-state index contributed by atoms with van der Waals surface area (Å²) in [6.45, 7) is 5.81. The van der Waals surface area contributed by atoms with Crippen molar-refractivity contribution in [1.82, 2.24) is 4.90 Å². The van der Waals surface area contributed by atoms with E-state index in [0.717, 1.165) is 19.3 Å². The average Bonchev–Trinajstić information content (AvgIpc) is 3.06. The third-order valence-corrected chi connectivity index (χ3v) is 2.92. The molecular formula is C12H19NO3. The van der Waals surface area contributed by atoms with Crippen molar-refractivity contribution in [2.24, 2.45) is 0 Å². The minimum Gasteiger partial charge on any atom is -0.478 e. The lowest BCUT2D eigenvalue weighted by Gasteiger charge is -2.22. The normalized spacial score (nSPS) is 16.7. The molecule has 1 fully saturated rings. The summed E-state index contributed by atoms with van der Waals surface area (Å²) in [6.07, 6.45) is 3.00. The van der Waals surface area contributed by atoms with E-state index in [1.807, 2.05) is 11.8 Å². The van der Waals surface area contributed by atoms with Crippen LogP contribution in [0.5, 0.6) is 0 Å². The van der Waals surface area contributed by atoms with Gasteiger partial charge in [-0.1, -0.05) is 6.92 Å². The van der Waals surface area contributed by atoms with E-state index >= 15 is 0 Å². The van der Waals surface area contributed by atoms with E-state index in [9.17, 15) is 9.59 Å². The first kappa shape index (κ1) is 12.7. The second-order valence-electron chi connectivity index (χ2n) is 4.28.